The van der Waals surface area contributed by atoms with Gasteiger partial charge < -0.3 is 34.8 Å². The third-order valence-corrected chi connectivity index (χ3v) is 7.52. The Labute approximate surface area is 260 Å². The first-order valence-electron chi connectivity index (χ1n) is 14.9. The van der Waals surface area contributed by atoms with Crippen LogP contribution < -0.4 is 0 Å². The van der Waals surface area contributed by atoms with E-state index in [0.717, 1.165) is 10.5 Å². The van der Waals surface area contributed by atoms with E-state index in [9.17, 15) is 29.7 Å². The molecule has 0 aromatic carbocycles. The number of carboxylic acids is 1. The molecule has 0 aromatic rings. The van der Waals surface area contributed by atoms with Gasteiger partial charge in [0.2, 0.25) is 0 Å². The van der Waals surface area contributed by atoms with E-state index in [2.05, 4.69) is 26.8 Å². The summed E-state index contributed by atoms with van der Waals surface area (Å²) >= 11 is 0. The number of Topliss-reactive ketones (excluding diaryl/α,β-unsaturated/α-hetero) is 1. The second-order valence-electron chi connectivity index (χ2n) is 11.5. The minimum Gasteiger partial charge on any atom is -0.507 e. The van der Waals surface area contributed by atoms with Crippen LogP contribution in [0, 0.1) is 11.8 Å². The predicted octanol–water partition coefficient (Wildman–Crippen LogP) is 4.33. The fourth-order valence-corrected chi connectivity index (χ4v) is 5.15. The molecule has 2 rings (SSSR count). The highest BCUT2D eigenvalue weighted by molar-refractivity contribution is 6.27. The molecule has 242 valence electrons. The first kappa shape index (κ1) is 36.6. The fourth-order valence-electron chi connectivity index (χ4n) is 5.15. The summed E-state index contributed by atoms with van der Waals surface area (Å²) < 4.78 is 12.0. The van der Waals surface area contributed by atoms with Crippen molar-refractivity contribution in [3.8, 4) is 0 Å². The van der Waals surface area contributed by atoms with Crippen molar-refractivity contribution in [3.05, 3.63) is 83.7 Å². The molecule has 3 unspecified atom stereocenters. The number of aliphatic hydroxyl groups excluding tert-OH is 3. The Morgan fingerprint density at radius 1 is 1.00 bits per heavy atom. The lowest BCUT2D eigenvalue weighted by molar-refractivity contribution is -0.267. The number of likely N-dealkylation sites (N-methyl/N-ethyl adjacent to an activating group) is 1. The molecule has 7 atom stereocenters. The molecule has 2 heterocycles. The summed E-state index contributed by atoms with van der Waals surface area (Å²) in [7, 11) is 1.41. The highest BCUT2D eigenvalue weighted by Crippen LogP contribution is 2.28. The summed E-state index contributed by atoms with van der Waals surface area (Å²) in [5.41, 5.74) is 0.726. The number of aliphatic hydroxyl groups is 3. The Kier molecular flexibility index (Phi) is 14.7. The summed E-state index contributed by atoms with van der Waals surface area (Å²) in [5, 5.41) is 39.1. The second kappa shape index (κ2) is 17.7. The lowest BCUT2D eigenvalue weighted by Crippen LogP contribution is -2.49. The molecule has 0 aliphatic carbocycles. The van der Waals surface area contributed by atoms with E-state index in [1.807, 2.05) is 37.3 Å². The summed E-state index contributed by atoms with van der Waals surface area (Å²) in [5.74, 6) is -2.43. The molecular weight excluding hydrogens is 566 g/mol. The Balaban J connectivity index is 1.87. The maximum atomic E-state index is 12.5. The lowest BCUT2D eigenvalue weighted by Gasteiger charge is -2.38. The maximum absolute atomic E-state index is 12.5. The van der Waals surface area contributed by atoms with E-state index >= 15 is 0 Å². The van der Waals surface area contributed by atoms with Crippen LogP contribution in [-0.4, -0.2) is 86.8 Å². The number of carbonyl (C=O) groups excluding carboxylic acids is 2. The van der Waals surface area contributed by atoms with Gasteiger partial charge in [0.15, 0.2) is 12.1 Å². The molecule has 0 spiro atoms. The summed E-state index contributed by atoms with van der Waals surface area (Å²) in [4.78, 5) is 36.9. The first-order valence-corrected chi connectivity index (χ1v) is 14.9. The Hall–Kier alpha value is -3.57. The smallest absolute Gasteiger partial charge is 0.303 e. The summed E-state index contributed by atoms with van der Waals surface area (Å²) in [6.07, 6.45) is 16.4. The second-order valence-corrected chi connectivity index (χ2v) is 11.5. The maximum Gasteiger partial charge on any atom is 0.303 e. The molecule has 4 N–H and O–H groups in total. The summed E-state index contributed by atoms with van der Waals surface area (Å²) in [6.45, 7) is 9.97. The number of aliphatic carboxylic acids is 1. The van der Waals surface area contributed by atoms with Crippen LogP contribution in [0.1, 0.15) is 53.9 Å². The molecule has 2 saturated heterocycles. The Bertz CT molecular complexity index is 1210. The van der Waals surface area contributed by atoms with Crippen molar-refractivity contribution in [1.82, 2.24) is 4.90 Å². The van der Waals surface area contributed by atoms with Crippen molar-refractivity contribution < 1.29 is 44.3 Å². The van der Waals surface area contributed by atoms with Gasteiger partial charge in [0, 0.05) is 25.8 Å². The first-order chi connectivity index (χ1) is 20.7. The van der Waals surface area contributed by atoms with Crippen LogP contribution >= 0.6 is 0 Å². The standard InChI is InChI=1S/C34H47NO9/c1-21(2)33(44-29-20-27(37)31(40)24(5)43-29)23(4)19-22(3)15-13-11-9-7-8-10-12-14-16-26(36)30-32(41)25(17-18-28(38)39)35(6)34(30)42/h7-16,19,21,23-25,27,29,31,33,36-37,40H,17-18,20H2,1-6H3,(H,38,39)/b8-7+,11-9+,12-10+,15-13+,16-14+,22-19+,30-26?/t23?,24-,25?,27+,29+,31-,33?/m1/s1. The molecule has 1 amide bonds. The monoisotopic (exact) mass is 613 g/mol. The van der Waals surface area contributed by atoms with Crippen LogP contribution in [0.4, 0.5) is 0 Å². The third-order valence-electron chi connectivity index (χ3n) is 7.52. The molecule has 44 heavy (non-hydrogen) atoms. The molecule has 10 nitrogen and oxygen atoms in total. The quantitative estimate of drug-likeness (QED) is 0.0970. The van der Waals surface area contributed by atoms with E-state index in [4.69, 9.17) is 14.6 Å². The van der Waals surface area contributed by atoms with Crippen LogP contribution in [-0.2, 0) is 23.9 Å². The van der Waals surface area contributed by atoms with E-state index in [1.165, 1.54) is 19.2 Å². The van der Waals surface area contributed by atoms with Crippen molar-refractivity contribution in [1.29, 1.82) is 0 Å². The van der Waals surface area contributed by atoms with Crippen molar-refractivity contribution in [2.45, 2.75) is 90.6 Å². The van der Waals surface area contributed by atoms with Gasteiger partial charge in [-0.2, -0.15) is 0 Å². The lowest BCUT2D eigenvalue weighted by atomic mass is 9.92. The SMILES string of the molecule is CC(/C=C/C=C/C=C/C=C/C=C/C(O)=C1C(=O)C(CCC(=O)O)N(C)C1=O)=C\C(C)C(O[C@H]1C[C@H](O)[C@H](O)[C@@H](C)O1)C(C)C. The van der Waals surface area contributed by atoms with E-state index in [-0.39, 0.29) is 42.8 Å². The zero-order chi connectivity index (χ0) is 33.0. The Morgan fingerprint density at radius 2 is 1.57 bits per heavy atom. The van der Waals surface area contributed by atoms with Crippen molar-refractivity contribution >= 4 is 17.7 Å². The number of ether oxygens (including phenoxy) is 2. The molecule has 0 saturated carbocycles. The minimum absolute atomic E-state index is 0.0119. The van der Waals surface area contributed by atoms with E-state index in [0.29, 0.717) is 0 Å². The molecule has 2 fully saturated rings. The third kappa shape index (κ3) is 10.9. The number of carboxylic acid groups (broad SMARTS) is 1. The molecule has 10 heteroatoms. The van der Waals surface area contributed by atoms with Gasteiger partial charge in [-0.25, -0.2) is 0 Å². The van der Waals surface area contributed by atoms with Gasteiger partial charge in [-0.15, -0.1) is 0 Å². The van der Waals surface area contributed by atoms with Crippen LogP contribution in [0.3, 0.4) is 0 Å². The Morgan fingerprint density at radius 3 is 2.11 bits per heavy atom. The van der Waals surface area contributed by atoms with Crippen LogP contribution in [0.2, 0.25) is 0 Å². The van der Waals surface area contributed by atoms with Gasteiger partial charge in [-0.1, -0.05) is 87.1 Å². The highest BCUT2D eigenvalue weighted by atomic mass is 16.7. The van der Waals surface area contributed by atoms with Gasteiger partial charge in [-0.05, 0) is 32.3 Å². The zero-order valence-electron chi connectivity index (χ0n) is 26.4. The van der Waals surface area contributed by atoms with Crippen molar-refractivity contribution in [3.63, 3.8) is 0 Å². The average Bonchev–Trinajstić information content (AvgIpc) is 3.16. The molecule has 0 radical (unpaired) electrons. The predicted molar refractivity (Wildman–Crippen MR) is 167 cm³/mol. The number of rotatable bonds is 14. The van der Waals surface area contributed by atoms with E-state index in [1.54, 1.807) is 25.2 Å². The molecule has 2 aliphatic heterocycles. The fraction of sp³-hybridized carbons (Fsp3) is 0.500. The normalized spacial score (nSPS) is 28.2. The number of ketones is 1. The number of likely N-dealkylation sites (tertiary alicyclic amines) is 1. The molecule has 0 bridgehead atoms. The van der Waals surface area contributed by atoms with Gasteiger partial charge in [0.1, 0.15) is 17.4 Å². The number of amides is 1. The van der Waals surface area contributed by atoms with Crippen molar-refractivity contribution in [2.75, 3.05) is 7.05 Å². The van der Waals surface area contributed by atoms with Crippen molar-refractivity contribution in [2.24, 2.45) is 11.8 Å². The molecular formula is C34H47NO9. The highest BCUT2D eigenvalue weighted by Gasteiger charge is 2.42. The largest absolute Gasteiger partial charge is 0.507 e. The summed E-state index contributed by atoms with van der Waals surface area (Å²) in [6, 6.07) is -0.894. The average molecular weight is 614 g/mol. The van der Waals surface area contributed by atoms with Gasteiger partial charge >= 0.3 is 5.97 Å². The number of allylic oxidation sites excluding steroid dienone is 11. The zero-order valence-corrected chi connectivity index (χ0v) is 26.4. The van der Waals surface area contributed by atoms with Gasteiger partial charge in [0.05, 0.1) is 24.4 Å². The number of nitrogens with zero attached hydrogens (tertiary/aromatic N) is 1. The molecule has 0 aromatic heterocycles. The molecule has 2 aliphatic rings. The number of hydrogen-bond donors (Lipinski definition) is 4. The van der Waals surface area contributed by atoms with Crippen LogP contribution in [0.25, 0.3) is 0 Å². The number of hydrogen-bond acceptors (Lipinski definition) is 8. The topological polar surface area (TPSA) is 154 Å². The number of carbonyl (C=O) groups is 3. The van der Waals surface area contributed by atoms with Gasteiger partial charge in [-0.3, -0.25) is 14.4 Å². The van der Waals surface area contributed by atoms with Gasteiger partial charge in [0.25, 0.3) is 5.91 Å². The van der Waals surface area contributed by atoms with E-state index < -0.39 is 54.1 Å². The van der Waals surface area contributed by atoms with Crippen LogP contribution in [0.15, 0.2) is 83.7 Å². The minimum atomic E-state index is -1.06. The van der Waals surface area contributed by atoms with Crippen LogP contribution in [0.5, 0.6) is 0 Å².